The van der Waals surface area contributed by atoms with E-state index in [9.17, 15) is 0 Å². The highest BCUT2D eigenvalue weighted by Gasteiger charge is 2.22. The van der Waals surface area contributed by atoms with E-state index in [0.717, 1.165) is 45.8 Å². The van der Waals surface area contributed by atoms with E-state index >= 15 is 0 Å². The van der Waals surface area contributed by atoms with E-state index in [2.05, 4.69) is 29.7 Å². The maximum absolute atomic E-state index is 5.90. The summed E-state index contributed by atoms with van der Waals surface area (Å²) in [5.41, 5.74) is 2.19. The number of piperidine rings is 1. The third kappa shape index (κ3) is 3.87. The molecule has 0 amide bonds. The molecule has 5 rings (SSSR count). The predicted molar refractivity (Wildman–Crippen MR) is 117 cm³/mol. The number of benzene rings is 2. The Morgan fingerprint density at radius 2 is 1.83 bits per heavy atom. The van der Waals surface area contributed by atoms with Crippen LogP contribution in [0.4, 0.5) is 0 Å². The number of quaternary nitrogens is 1. The largest absolute Gasteiger partial charge is 0.454 e. The van der Waals surface area contributed by atoms with Gasteiger partial charge in [0.1, 0.15) is 0 Å². The van der Waals surface area contributed by atoms with Gasteiger partial charge in [0.2, 0.25) is 11.6 Å². The summed E-state index contributed by atoms with van der Waals surface area (Å²) >= 11 is 5.90. The van der Waals surface area contributed by atoms with E-state index in [-0.39, 0.29) is 6.79 Å². The maximum Gasteiger partial charge on any atom is 0.231 e. The van der Waals surface area contributed by atoms with Crippen LogP contribution in [0.15, 0.2) is 48.5 Å². The molecular weight excluding hydrogens is 396 g/mol. The topological polar surface area (TPSA) is 45.7 Å². The fraction of sp³-hybridized carbons (Fsp3) is 0.391. The molecule has 0 radical (unpaired) electrons. The summed E-state index contributed by atoms with van der Waals surface area (Å²) in [5, 5.41) is 4.96. The molecule has 0 saturated carbocycles. The fourth-order valence-electron chi connectivity index (χ4n) is 4.25. The van der Waals surface area contributed by atoms with Gasteiger partial charge in [0.25, 0.3) is 0 Å². The highest BCUT2D eigenvalue weighted by molar-refractivity contribution is 7.71. The van der Waals surface area contributed by atoms with Crippen molar-refractivity contribution in [2.75, 3.05) is 19.9 Å². The number of ether oxygens (including phenoxy) is 2. The first-order valence-corrected chi connectivity index (χ1v) is 11.0. The number of hydrogen-bond acceptors (Lipinski definition) is 4. The molecule has 0 unspecified atom stereocenters. The monoisotopic (exact) mass is 423 g/mol. The Morgan fingerprint density at radius 1 is 1.07 bits per heavy atom. The Balaban J connectivity index is 1.48. The Hall–Kier alpha value is -2.64. The molecule has 1 N–H and O–H groups in total. The SMILES string of the molecule is CC1CC[NH+](Cn2nc(-c3ccccc3)n(Cc3ccc4c(c3)OCO4)c2=S)CC1. The Morgan fingerprint density at radius 3 is 2.63 bits per heavy atom. The summed E-state index contributed by atoms with van der Waals surface area (Å²) < 4.78 is 15.9. The van der Waals surface area contributed by atoms with Crippen LogP contribution in [0.3, 0.4) is 0 Å². The van der Waals surface area contributed by atoms with Gasteiger partial charge >= 0.3 is 0 Å². The van der Waals surface area contributed by atoms with E-state index < -0.39 is 0 Å². The lowest BCUT2D eigenvalue weighted by molar-refractivity contribution is -0.929. The number of nitrogens with one attached hydrogen (secondary N) is 1. The van der Waals surface area contributed by atoms with Crippen LogP contribution in [0.2, 0.25) is 0 Å². The quantitative estimate of drug-likeness (QED) is 0.641. The number of rotatable bonds is 5. The smallest absolute Gasteiger partial charge is 0.231 e. The van der Waals surface area contributed by atoms with Gasteiger partial charge in [-0.25, -0.2) is 0 Å². The van der Waals surface area contributed by atoms with Gasteiger partial charge in [-0.3, -0.25) is 4.57 Å². The fourth-order valence-corrected chi connectivity index (χ4v) is 4.51. The molecule has 2 aliphatic heterocycles. The molecule has 3 heterocycles. The zero-order valence-corrected chi connectivity index (χ0v) is 18.0. The second-order valence-electron chi connectivity index (χ2n) is 8.34. The zero-order valence-electron chi connectivity index (χ0n) is 17.2. The van der Waals surface area contributed by atoms with E-state index in [1.807, 2.05) is 35.0 Å². The third-order valence-corrected chi connectivity index (χ3v) is 6.52. The summed E-state index contributed by atoms with van der Waals surface area (Å²) in [6.45, 7) is 6.45. The number of aromatic nitrogens is 3. The van der Waals surface area contributed by atoms with E-state index in [4.69, 9.17) is 26.8 Å². The van der Waals surface area contributed by atoms with E-state index in [1.165, 1.54) is 25.9 Å². The summed E-state index contributed by atoms with van der Waals surface area (Å²) in [6, 6.07) is 16.4. The van der Waals surface area contributed by atoms with Crippen LogP contribution in [-0.2, 0) is 13.2 Å². The number of fused-ring (bicyclic) bond motifs is 1. The van der Waals surface area contributed by atoms with Crippen molar-refractivity contribution in [3.8, 4) is 22.9 Å². The molecule has 156 valence electrons. The molecular formula is C23H27N4O2S+. The third-order valence-electron chi connectivity index (χ3n) is 6.09. The molecule has 1 fully saturated rings. The van der Waals surface area contributed by atoms with Crippen molar-refractivity contribution in [1.82, 2.24) is 14.3 Å². The Labute approximate surface area is 181 Å². The van der Waals surface area contributed by atoms with Crippen LogP contribution >= 0.6 is 12.2 Å². The van der Waals surface area contributed by atoms with Crippen molar-refractivity contribution < 1.29 is 14.4 Å². The highest BCUT2D eigenvalue weighted by atomic mass is 32.1. The summed E-state index contributed by atoms with van der Waals surface area (Å²) in [5.74, 6) is 3.32. The van der Waals surface area contributed by atoms with Gasteiger partial charge < -0.3 is 14.4 Å². The first kappa shape index (κ1) is 19.3. The van der Waals surface area contributed by atoms with Crippen LogP contribution in [0, 0.1) is 10.7 Å². The van der Waals surface area contributed by atoms with Crippen LogP contribution in [-0.4, -0.2) is 34.2 Å². The molecule has 7 heteroatoms. The first-order valence-electron chi connectivity index (χ1n) is 10.6. The van der Waals surface area contributed by atoms with Crippen LogP contribution in [0.25, 0.3) is 11.4 Å². The maximum atomic E-state index is 5.90. The predicted octanol–water partition coefficient (Wildman–Crippen LogP) is 3.13. The standard InChI is InChI=1S/C23H26N4O2S/c1-17-9-11-25(12-10-17)15-27-23(30)26(22(24-27)19-5-3-2-4-6-19)14-18-7-8-20-21(13-18)29-16-28-20/h2-8,13,17H,9-12,14-16H2,1H3/p+1. The van der Waals surface area contributed by atoms with Gasteiger partial charge in [-0.2, -0.15) is 4.68 Å². The molecule has 2 aliphatic rings. The normalized spacial score (nSPS) is 20.4. The minimum absolute atomic E-state index is 0.280. The van der Waals surface area contributed by atoms with Crippen molar-refractivity contribution in [1.29, 1.82) is 0 Å². The minimum Gasteiger partial charge on any atom is -0.454 e. The van der Waals surface area contributed by atoms with Crippen molar-refractivity contribution >= 4 is 12.2 Å². The van der Waals surface area contributed by atoms with Crippen molar-refractivity contribution in [2.45, 2.75) is 33.0 Å². The van der Waals surface area contributed by atoms with Crippen molar-refractivity contribution in [3.05, 3.63) is 58.9 Å². The second kappa shape index (κ2) is 8.24. The van der Waals surface area contributed by atoms with Crippen molar-refractivity contribution in [3.63, 3.8) is 0 Å². The summed E-state index contributed by atoms with van der Waals surface area (Å²) in [7, 11) is 0. The van der Waals surface area contributed by atoms with Gasteiger partial charge in [0.05, 0.1) is 19.6 Å². The average molecular weight is 424 g/mol. The zero-order chi connectivity index (χ0) is 20.5. The van der Waals surface area contributed by atoms with E-state index in [1.54, 1.807) is 4.90 Å². The average Bonchev–Trinajstić information content (AvgIpc) is 3.36. The molecule has 30 heavy (non-hydrogen) atoms. The first-order chi connectivity index (χ1) is 14.7. The van der Waals surface area contributed by atoms with Gasteiger partial charge in [-0.15, -0.1) is 5.10 Å². The van der Waals surface area contributed by atoms with Gasteiger partial charge in [0, 0.05) is 5.56 Å². The van der Waals surface area contributed by atoms with Crippen LogP contribution < -0.4 is 14.4 Å². The molecule has 0 atom stereocenters. The molecule has 0 spiro atoms. The lowest BCUT2D eigenvalue weighted by Gasteiger charge is -2.26. The van der Waals surface area contributed by atoms with Crippen LogP contribution in [0.1, 0.15) is 25.3 Å². The number of likely N-dealkylation sites (tertiary alicyclic amines) is 1. The Bertz CT molecular complexity index is 1080. The lowest BCUT2D eigenvalue weighted by Crippen LogP contribution is -3.12. The van der Waals surface area contributed by atoms with Crippen molar-refractivity contribution in [2.24, 2.45) is 5.92 Å². The molecule has 2 aromatic carbocycles. The lowest BCUT2D eigenvalue weighted by atomic mass is 10.00. The highest BCUT2D eigenvalue weighted by Crippen LogP contribution is 2.33. The molecule has 1 aromatic heterocycles. The number of hydrogen-bond donors (Lipinski definition) is 1. The molecule has 0 aliphatic carbocycles. The molecule has 6 nitrogen and oxygen atoms in total. The minimum atomic E-state index is 0.280. The summed E-state index contributed by atoms with van der Waals surface area (Å²) in [6.07, 6.45) is 2.54. The van der Waals surface area contributed by atoms with Gasteiger partial charge in [-0.1, -0.05) is 43.3 Å². The summed E-state index contributed by atoms with van der Waals surface area (Å²) in [4.78, 5) is 1.55. The van der Waals surface area contributed by atoms with Gasteiger partial charge in [0.15, 0.2) is 24.0 Å². The van der Waals surface area contributed by atoms with Gasteiger partial charge in [-0.05, 0) is 48.7 Å². The molecule has 1 saturated heterocycles. The number of nitrogens with zero attached hydrogens (tertiary/aromatic N) is 3. The second-order valence-corrected chi connectivity index (χ2v) is 8.70. The van der Waals surface area contributed by atoms with E-state index in [0.29, 0.717) is 6.54 Å². The Kier molecular flexibility index (Phi) is 5.31. The molecule has 3 aromatic rings. The van der Waals surface area contributed by atoms with Crippen LogP contribution in [0.5, 0.6) is 11.5 Å². The molecule has 0 bridgehead atoms.